The number of terminal acetylenes is 2. The molecule has 0 aliphatic carbocycles. The minimum atomic E-state index is -0.738. The van der Waals surface area contributed by atoms with E-state index in [9.17, 15) is 33.6 Å². The van der Waals surface area contributed by atoms with Gasteiger partial charge in [0.25, 0.3) is 11.8 Å². The Morgan fingerprint density at radius 1 is 0.529 bits per heavy atom. The normalized spacial score (nSPS) is 8.02. The molecule has 0 aromatic heterocycles. The van der Waals surface area contributed by atoms with Crippen LogP contribution in [-0.4, -0.2) is 115 Å². The smallest absolute Gasteiger partial charge is 1.00 e. The van der Waals surface area contributed by atoms with Crippen molar-refractivity contribution >= 4 is 97.8 Å². The van der Waals surface area contributed by atoms with E-state index in [1.165, 1.54) is 13.5 Å². The molecular formula is C75H111ClI4LiN6Na3O14. The first kappa shape index (κ1) is 136. The molecular weight excluding hydrogens is 1830 g/mol. The third-order valence-corrected chi connectivity index (χ3v) is 11.6. The Bertz CT molecular complexity index is 2870. The van der Waals surface area contributed by atoms with Gasteiger partial charge in [-0.25, -0.2) is 14.4 Å². The molecule has 0 atom stereocenters. The molecule has 0 fully saturated rings. The predicted molar refractivity (Wildman–Crippen MR) is 418 cm³/mol. The fourth-order valence-corrected chi connectivity index (χ4v) is 5.12. The van der Waals surface area contributed by atoms with Crippen molar-refractivity contribution in [2.75, 3.05) is 68.9 Å². The number of aliphatic hydroxyl groups excluding tert-OH is 1. The first-order valence-corrected chi connectivity index (χ1v) is 33.7. The Balaban J connectivity index is -0.0000000604. The predicted octanol–water partition coefficient (Wildman–Crippen LogP) is -5.19. The largest absolute Gasteiger partial charge is 1.00 e. The van der Waals surface area contributed by atoms with Gasteiger partial charge >= 0.3 is 125 Å². The summed E-state index contributed by atoms with van der Waals surface area (Å²) in [4.78, 5) is 74.0. The molecule has 564 valence electrons. The number of rotatable bonds is 16. The second-order valence-electron chi connectivity index (χ2n) is 16.7. The summed E-state index contributed by atoms with van der Waals surface area (Å²) >= 11 is 9.03. The van der Waals surface area contributed by atoms with Crippen molar-refractivity contribution in [3.63, 3.8) is 0 Å². The molecule has 0 spiro atoms. The summed E-state index contributed by atoms with van der Waals surface area (Å²) in [5, 5.41) is 18.1. The number of likely N-dealkylation sites (N-methyl/N-ethyl adjacent to an activating group) is 1. The summed E-state index contributed by atoms with van der Waals surface area (Å²) in [6, 6.07) is 22.9. The molecule has 20 nitrogen and oxygen atoms in total. The number of methoxy groups -OCH3 is 3. The number of hydrogen-bond donors (Lipinski definition) is 7. The Hall–Kier alpha value is -3.12. The van der Waals surface area contributed by atoms with Crippen molar-refractivity contribution in [2.24, 2.45) is 11.5 Å². The van der Waals surface area contributed by atoms with Gasteiger partial charge < -0.3 is 123 Å². The van der Waals surface area contributed by atoms with Gasteiger partial charge in [-0.15, -0.1) is 18.8 Å². The van der Waals surface area contributed by atoms with Crippen LogP contribution in [0.3, 0.4) is 0 Å². The fraction of sp³-hybridized carbons (Fsp3) is 0.440. The number of ether oxygens (including phenoxy) is 6. The second-order valence-corrected chi connectivity index (χ2v) is 19.8. The summed E-state index contributed by atoms with van der Waals surface area (Å²) in [6.07, 6.45) is 20.3. The maximum Gasteiger partial charge on any atom is 1.00 e. The average Bonchev–Trinajstić information content (AvgIpc) is 0.929. The van der Waals surface area contributed by atoms with Crippen LogP contribution >= 0.6 is 56.8 Å². The summed E-state index contributed by atoms with van der Waals surface area (Å²) < 4.78 is 30.4. The first-order chi connectivity index (χ1) is 46.9. The zero-order valence-electron chi connectivity index (χ0n) is 66.6. The van der Waals surface area contributed by atoms with Gasteiger partial charge in [0, 0.05) is 101 Å². The van der Waals surface area contributed by atoms with Crippen molar-refractivity contribution in [1.29, 1.82) is 0 Å². The SMILES string of the molecule is C#CCC.C#CCO.CC/C(I)=C/C(=O)NC.CC/C(I)=C/C(=O)NCc1ccc(OC)cc1.CCC#CC(=O)NC.CCC#CC(=O)NCc1ccc(OC)cc1.CCC#CC(=O)OCC.CCC#CC(=O)OCC.CCOC(=O)Cl.CN.COc1ccc(CN)cc1.[CH2-]CCC.[H-].[I-].[I-].[Li+].[Na+].[Na+].[Na+]. The number of carbonyl (C=O) groups excluding carboxylic acids is 7. The topological polar surface area (TPSA) is 295 Å². The summed E-state index contributed by atoms with van der Waals surface area (Å²) in [7, 11) is 9.59. The van der Waals surface area contributed by atoms with Gasteiger partial charge in [-0.3, -0.25) is 19.2 Å². The standard InChI is InChI=1S/C13H16INO2.C13H15NO2.C8H11NO.2C7H10O2.C6H10INO.C6H9NO.C4H9.C4H6.C3H5ClO2.C3H4O.CH5N.2HI.Li.3Na.H/c1-3-11(14)8-13(16)15-9-10-4-6-12(17-2)7-5-10;1-3-4-5-13(15)14-10-11-6-8-12(16-2)9-7-11;1-10-8-4-2-7(6-9)3-5-8;2*1-3-5-6-7(8)9-4-2;1-3-5(7)4-6(9)8-2;1-3-4-5-6(8)7-2;2*1-3-4-2;1-2-6-3(4)5;1-2-3-4;1-2;;;;;;;/h4-8H,3,9H2,1-2H3,(H,15,16);6-9H,3,10H2,1-2H3,(H,14,15);2-5H,6,9H2,1H3;2*3-4H2,1-2H3;4H,3H2,1-2H3,(H,8,9);3H2,1-2H3,(H,7,8);1,3-4H2,2H3;1H,4H2,2H3;2H2,1H3;1,4H,3H2;2H2,1H3;2*1H;;;;;/q;;;;;;;-1;;;;;;;4*+1;-1/p-2/b11-8-;;;;;5-4-;;;;;;;;;;;;;. The fourth-order valence-electron chi connectivity index (χ4n) is 4.44. The first-order valence-electron chi connectivity index (χ1n) is 31.2. The summed E-state index contributed by atoms with van der Waals surface area (Å²) in [5.74, 6) is 25.6. The zero-order chi connectivity index (χ0) is 77.0. The van der Waals surface area contributed by atoms with E-state index in [2.05, 4.69) is 160 Å². The molecule has 0 aliphatic heterocycles. The Kier molecular flexibility index (Phi) is 152. The van der Waals surface area contributed by atoms with Gasteiger partial charge in [0.15, 0.2) is 0 Å². The minimum absolute atomic E-state index is 0. The van der Waals surface area contributed by atoms with Crippen molar-refractivity contribution in [3.05, 3.63) is 116 Å². The van der Waals surface area contributed by atoms with Crippen LogP contribution in [0.2, 0.25) is 0 Å². The molecule has 0 bridgehead atoms. The number of amides is 4. The Morgan fingerprint density at radius 3 is 1.06 bits per heavy atom. The van der Waals surface area contributed by atoms with Crippen LogP contribution in [0.4, 0.5) is 4.79 Å². The number of benzene rings is 3. The third-order valence-electron chi connectivity index (χ3n) is 9.31. The van der Waals surface area contributed by atoms with Crippen LogP contribution in [-0.2, 0) is 62.6 Å². The monoisotopic (exact) mass is 1940 g/mol. The summed E-state index contributed by atoms with van der Waals surface area (Å²) in [5.41, 5.74) is 12.4. The van der Waals surface area contributed by atoms with E-state index >= 15 is 0 Å². The molecule has 0 unspecified atom stereocenters. The minimum Gasteiger partial charge on any atom is -1.00 e. The van der Waals surface area contributed by atoms with Crippen molar-refractivity contribution in [2.45, 2.75) is 154 Å². The molecule has 0 radical (unpaired) electrons. The van der Waals surface area contributed by atoms with E-state index in [0.717, 1.165) is 73.2 Å². The molecule has 0 heterocycles. The van der Waals surface area contributed by atoms with E-state index in [1.54, 1.807) is 68.3 Å². The number of halogens is 5. The molecule has 104 heavy (non-hydrogen) atoms. The van der Waals surface area contributed by atoms with E-state index in [-0.39, 0.29) is 187 Å². The van der Waals surface area contributed by atoms with Crippen LogP contribution in [0.25, 0.3) is 0 Å². The van der Waals surface area contributed by atoms with Gasteiger partial charge in [0.05, 0.1) is 41.2 Å². The molecule has 29 heteroatoms. The van der Waals surface area contributed by atoms with Crippen LogP contribution in [0, 0.1) is 79.0 Å². The number of nitrogens with one attached hydrogen (secondary N) is 4. The number of hydrogen-bond acceptors (Lipinski definition) is 16. The molecule has 3 aromatic carbocycles. The number of nitrogens with two attached hydrogens (primary N) is 2. The summed E-state index contributed by atoms with van der Waals surface area (Å²) in [6.45, 7) is 27.1. The van der Waals surface area contributed by atoms with Crippen LogP contribution in [0.15, 0.2) is 92.1 Å². The molecule has 9 N–H and O–H groups in total. The quantitative estimate of drug-likeness (QED) is 0.00812. The maximum atomic E-state index is 11.5. The number of carbonyl (C=O) groups is 7. The van der Waals surface area contributed by atoms with Crippen LogP contribution < -0.4 is 202 Å². The zero-order valence-corrected chi connectivity index (χ0v) is 80.9. The molecule has 4 amide bonds. The molecule has 0 aliphatic rings. The Labute approximate surface area is 772 Å². The average molecular weight is 1940 g/mol. The van der Waals surface area contributed by atoms with E-state index in [1.807, 2.05) is 127 Å². The van der Waals surface area contributed by atoms with Crippen molar-refractivity contribution < 1.29 is 224 Å². The van der Waals surface area contributed by atoms with E-state index in [0.29, 0.717) is 58.7 Å². The van der Waals surface area contributed by atoms with Gasteiger partial charge in [-0.1, -0.05) is 128 Å². The number of unbranched alkanes of at least 4 members (excludes halogenated alkanes) is 1. The Morgan fingerprint density at radius 2 is 0.827 bits per heavy atom. The van der Waals surface area contributed by atoms with Crippen molar-refractivity contribution in [3.8, 4) is 89.3 Å². The third kappa shape index (κ3) is 120. The van der Waals surface area contributed by atoms with Gasteiger partial charge in [-0.05, 0) is 158 Å². The molecule has 3 rings (SSSR count). The van der Waals surface area contributed by atoms with Crippen molar-refractivity contribution in [1.82, 2.24) is 21.3 Å². The van der Waals surface area contributed by atoms with E-state index in [4.69, 9.17) is 43.1 Å². The van der Waals surface area contributed by atoms with Gasteiger partial charge in [0.1, 0.15) is 23.9 Å². The molecule has 0 saturated heterocycles. The molecule has 0 saturated carbocycles. The maximum absolute atomic E-state index is 11.5. The van der Waals surface area contributed by atoms with Gasteiger partial charge in [0.2, 0.25) is 11.8 Å². The van der Waals surface area contributed by atoms with Gasteiger partial charge in [-0.2, -0.15) is 6.42 Å². The van der Waals surface area contributed by atoms with Crippen LogP contribution in [0.1, 0.15) is 152 Å². The molecule has 3 aromatic rings. The number of aliphatic hydroxyl groups is 1. The van der Waals surface area contributed by atoms with E-state index < -0.39 is 17.4 Å². The van der Waals surface area contributed by atoms with Crippen LogP contribution in [0.5, 0.6) is 17.2 Å². The number of allylic oxidation sites excluding steroid dienone is 2. The number of esters is 2. The second kappa shape index (κ2) is 116.